The van der Waals surface area contributed by atoms with Crippen molar-refractivity contribution in [2.45, 2.75) is 33.0 Å². The number of carbonyl (C=O) groups excluding carboxylic acids is 1. The van der Waals surface area contributed by atoms with E-state index in [9.17, 15) is 4.79 Å². The van der Waals surface area contributed by atoms with Crippen molar-refractivity contribution >= 4 is 23.9 Å². The number of morpholine rings is 1. The van der Waals surface area contributed by atoms with E-state index in [1.54, 1.807) is 18.0 Å². The highest BCUT2D eigenvalue weighted by Gasteiger charge is 2.31. The Kier molecular flexibility index (Phi) is 5.91. The number of aryl methyl sites for hydroxylation is 1. The van der Waals surface area contributed by atoms with Gasteiger partial charge in [0.1, 0.15) is 5.82 Å². The van der Waals surface area contributed by atoms with Crippen molar-refractivity contribution in [1.29, 1.82) is 0 Å². The molecule has 0 saturated carbocycles. The predicted molar refractivity (Wildman–Crippen MR) is 115 cm³/mol. The Morgan fingerprint density at radius 2 is 2.10 bits per heavy atom. The third-order valence-corrected chi connectivity index (χ3v) is 5.19. The van der Waals surface area contributed by atoms with Gasteiger partial charge in [0.15, 0.2) is 0 Å². The lowest BCUT2D eigenvalue weighted by atomic mass is 10.2. The number of amides is 1. The molecular weight excluding hydrogens is 382 g/mol. The number of nitrogens with zero attached hydrogens (tertiary/aromatic N) is 5. The van der Waals surface area contributed by atoms with Crippen LogP contribution in [-0.4, -0.2) is 59.3 Å². The summed E-state index contributed by atoms with van der Waals surface area (Å²) in [4.78, 5) is 25.7. The van der Waals surface area contributed by atoms with Gasteiger partial charge in [-0.3, -0.25) is 4.79 Å². The minimum Gasteiger partial charge on any atom is -0.378 e. The van der Waals surface area contributed by atoms with Gasteiger partial charge < -0.3 is 20.3 Å². The molecule has 3 N–H and O–H groups in total. The SMILES string of the molecule is Cc1cccc(/C=N/Nc2nc3c(c(N4CCOCC4)n2)CN(C(=O)[C@H](C)N)C3)c1. The van der Waals surface area contributed by atoms with Crippen LogP contribution < -0.4 is 16.1 Å². The Morgan fingerprint density at radius 1 is 1.30 bits per heavy atom. The quantitative estimate of drug-likeness (QED) is 0.565. The molecule has 0 radical (unpaired) electrons. The minimum absolute atomic E-state index is 0.0899. The molecule has 158 valence electrons. The van der Waals surface area contributed by atoms with Crippen LogP contribution in [0.2, 0.25) is 0 Å². The zero-order chi connectivity index (χ0) is 21.1. The number of hydrogen-bond donors (Lipinski definition) is 2. The lowest BCUT2D eigenvalue weighted by Crippen LogP contribution is -2.39. The number of aromatic nitrogens is 2. The maximum atomic E-state index is 12.4. The molecule has 9 nitrogen and oxygen atoms in total. The van der Waals surface area contributed by atoms with Gasteiger partial charge in [-0.05, 0) is 19.4 Å². The summed E-state index contributed by atoms with van der Waals surface area (Å²) < 4.78 is 5.48. The molecular formula is C21H27N7O2. The smallest absolute Gasteiger partial charge is 0.245 e. The normalized spacial score (nSPS) is 17.3. The van der Waals surface area contributed by atoms with Crippen LogP contribution in [0.25, 0.3) is 0 Å². The lowest BCUT2D eigenvalue weighted by Gasteiger charge is -2.29. The Hall–Kier alpha value is -3.04. The van der Waals surface area contributed by atoms with E-state index in [0.717, 1.165) is 35.7 Å². The molecule has 1 aromatic carbocycles. The molecule has 30 heavy (non-hydrogen) atoms. The summed E-state index contributed by atoms with van der Waals surface area (Å²) in [5.74, 6) is 1.15. The highest BCUT2D eigenvalue weighted by atomic mass is 16.5. The number of hydrazone groups is 1. The Balaban J connectivity index is 1.59. The summed E-state index contributed by atoms with van der Waals surface area (Å²) in [6.45, 7) is 7.42. The Morgan fingerprint density at radius 3 is 2.83 bits per heavy atom. The molecule has 0 aliphatic carbocycles. The first kappa shape index (κ1) is 20.2. The number of benzene rings is 1. The number of nitrogens with one attached hydrogen (secondary N) is 1. The first-order valence-corrected chi connectivity index (χ1v) is 10.1. The van der Waals surface area contributed by atoms with Gasteiger partial charge in [0.05, 0.1) is 44.3 Å². The van der Waals surface area contributed by atoms with Gasteiger partial charge in [0, 0.05) is 18.7 Å². The maximum absolute atomic E-state index is 12.4. The fourth-order valence-corrected chi connectivity index (χ4v) is 3.68. The van der Waals surface area contributed by atoms with Crippen LogP contribution in [0.15, 0.2) is 29.4 Å². The first-order chi connectivity index (χ1) is 14.5. The van der Waals surface area contributed by atoms with Crippen molar-refractivity contribution in [1.82, 2.24) is 14.9 Å². The van der Waals surface area contributed by atoms with Crippen molar-refractivity contribution in [2.75, 3.05) is 36.6 Å². The fraction of sp³-hybridized carbons (Fsp3) is 0.429. The van der Waals surface area contributed by atoms with E-state index in [4.69, 9.17) is 15.5 Å². The maximum Gasteiger partial charge on any atom is 0.245 e. The van der Waals surface area contributed by atoms with Gasteiger partial charge in [0.25, 0.3) is 0 Å². The van der Waals surface area contributed by atoms with Gasteiger partial charge in [-0.25, -0.2) is 10.4 Å². The van der Waals surface area contributed by atoms with Crippen LogP contribution in [0, 0.1) is 6.92 Å². The molecule has 0 bridgehead atoms. The van der Waals surface area contributed by atoms with Crippen molar-refractivity contribution in [3.63, 3.8) is 0 Å². The molecule has 3 heterocycles. The monoisotopic (exact) mass is 409 g/mol. The number of ether oxygens (including phenoxy) is 1. The van der Waals surface area contributed by atoms with Gasteiger partial charge in [-0.15, -0.1) is 0 Å². The Bertz CT molecular complexity index is 954. The van der Waals surface area contributed by atoms with E-state index in [1.165, 1.54) is 5.56 Å². The average molecular weight is 409 g/mol. The van der Waals surface area contributed by atoms with Crippen molar-refractivity contribution in [3.8, 4) is 0 Å². The minimum atomic E-state index is -0.546. The molecule has 1 saturated heterocycles. The van der Waals surface area contributed by atoms with Crippen LogP contribution in [0.5, 0.6) is 0 Å². The number of rotatable bonds is 5. The molecule has 0 spiro atoms. The van der Waals surface area contributed by atoms with E-state index in [-0.39, 0.29) is 5.91 Å². The summed E-state index contributed by atoms with van der Waals surface area (Å²) >= 11 is 0. The fourth-order valence-electron chi connectivity index (χ4n) is 3.68. The third kappa shape index (κ3) is 4.42. The second kappa shape index (κ2) is 8.76. The second-order valence-electron chi connectivity index (χ2n) is 7.66. The van der Waals surface area contributed by atoms with Crippen LogP contribution >= 0.6 is 0 Å². The molecule has 2 aromatic rings. The number of anilines is 2. The zero-order valence-electron chi connectivity index (χ0n) is 17.3. The predicted octanol–water partition coefficient (Wildman–Crippen LogP) is 1.26. The number of carbonyl (C=O) groups is 1. The summed E-state index contributed by atoms with van der Waals surface area (Å²) in [5.41, 5.74) is 12.7. The summed E-state index contributed by atoms with van der Waals surface area (Å²) in [6.07, 6.45) is 1.74. The van der Waals surface area contributed by atoms with Crippen LogP contribution in [0.1, 0.15) is 29.3 Å². The van der Waals surface area contributed by atoms with Crippen molar-refractivity contribution in [2.24, 2.45) is 10.8 Å². The molecule has 2 aliphatic heterocycles. The van der Waals surface area contributed by atoms with E-state index >= 15 is 0 Å². The Labute approximate surface area is 175 Å². The molecule has 1 aromatic heterocycles. The van der Waals surface area contributed by atoms with Crippen molar-refractivity contribution in [3.05, 3.63) is 46.6 Å². The second-order valence-corrected chi connectivity index (χ2v) is 7.66. The summed E-state index contributed by atoms with van der Waals surface area (Å²) in [6, 6.07) is 7.51. The molecule has 0 unspecified atom stereocenters. The van der Waals surface area contributed by atoms with Crippen molar-refractivity contribution < 1.29 is 9.53 Å². The van der Waals surface area contributed by atoms with E-state index < -0.39 is 6.04 Å². The van der Waals surface area contributed by atoms with E-state index in [2.05, 4.69) is 20.4 Å². The molecule has 2 aliphatic rings. The number of hydrogen-bond acceptors (Lipinski definition) is 8. The van der Waals surface area contributed by atoms with Gasteiger partial charge in [0.2, 0.25) is 11.9 Å². The highest BCUT2D eigenvalue weighted by Crippen LogP contribution is 2.31. The van der Waals surface area contributed by atoms with Crippen LogP contribution in [-0.2, 0) is 22.6 Å². The molecule has 4 rings (SSSR count). The van der Waals surface area contributed by atoms with Gasteiger partial charge in [-0.1, -0.05) is 29.8 Å². The molecule has 1 atom stereocenters. The van der Waals surface area contributed by atoms with Crippen LogP contribution in [0.4, 0.5) is 11.8 Å². The zero-order valence-corrected chi connectivity index (χ0v) is 17.3. The average Bonchev–Trinajstić information content (AvgIpc) is 3.17. The standard InChI is InChI=1S/C21H27N7O2/c1-14-4-3-5-16(10-14)11-23-26-21-24-18-13-28(20(29)15(2)22)12-17(18)19(25-21)27-6-8-30-9-7-27/h3-5,10-11,15H,6-9,12-13,22H2,1-2H3,(H,24,25,26)/b23-11+/t15-/m0/s1. The first-order valence-electron chi connectivity index (χ1n) is 10.1. The molecule has 1 amide bonds. The summed E-state index contributed by atoms with van der Waals surface area (Å²) in [5, 5.41) is 4.30. The largest absolute Gasteiger partial charge is 0.378 e. The third-order valence-electron chi connectivity index (χ3n) is 5.19. The number of nitrogens with two attached hydrogens (primary N) is 1. The summed E-state index contributed by atoms with van der Waals surface area (Å²) in [7, 11) is 0. The van der Waals surface area contributed by atoms with Gasteiger partial charge in [-0.2, -0.15) is 10.1 Å². The number of fused-ring (bicyclic) bond motifs is 1. The lowest BCUT2D eigenvalue weighted by molar-refractivity contribution is -0.132. The van der Waals surface area contributed by atoms with E-state index in [1.807, 2.05) is 31.2 Å². The van der Waals surface area contributed by atoms with Crippen LogP contribution in [0.3, 0.4) is 0 Å². The highest BCUT2D eigenvalue weighted by molar-refractivity contribution is 5.82. The molecule has 1 fully saturated rings. The van der Waals surface area contributed by atoms with E-state index in [0.29, 0.717) is 32.3 Å². The topological polar surface area (TPSA) is 109 Å². The molecule has 9 heteroatoms. The van der Waals surface area contributed by atoms with Gasteiger partial charge >= 0.3 is 0 Å².